The van der Waals surface area contributed by atoms with Crippen LogP contribution in [-0.4, -0.2) is 5.78 Å². The lowest BCUT2D eigenvalue weighted by Gasteiger charge is -2.02. The molecule has 0 aliphatic rings. The average Bonchev–Trinajstić information content (AvgIpc) is 2.62. The van der Waals surface area contributed by atoms with Crippen molar-refractivity contribution in [1.29, 1.82) is 0 Å². The van der Waals surface area contributed by atoms with E-state index in [1.165, 1.54) is 17.4 Å². The Hall–Kier alpha value is -0.590. The van der Waals surface area contributed by atoms with Crippen molar-refractivity contribution in [2.45, 2.75) is 6.42 Å². The van der Waals surface area contributed by atoms with Crippen LogP contribution >= 0.6 is 43.2 Å². The Kier molecular flexibility index (Phi) is 4.29. The molecule has 1 heterocycles. The number of carbonyl (C=O) groups excluding carboxylic acids is 1. The van der Waals surface area contributed by atoms with Crippen LogP contribution in [0.4, 0.5) is 8.78 Å². The van der Waals surface area contributed by atoms with Gasteiger partial charge in [-0.25, -0.2) is 8.78 Å². The first-order valence-electron chi connectivity index (χ1n) is 4.89. The molecule has 0 spiro atoms. The molecule has 0 atom stereocenters. The molecule has 18 heavy (non-hydrogen) atoms. The number of halogens is 4. The summed E-state index contributed by atoms with van der Waals surface area (Å²) in [6, 6.07) is 4.89. The Labute approximate surface area is 123 Å². The molecule has 2 aromatic rings. The van der Waals surface area contributed by atoms with Gasteiger partial charge < -0.3 is 0 Å². The number of Topliss-reactive ketones (excluding diaryl/α,β-unsaturated/α-hetero) is 1. The molecule has 0 fully saturated rings. The second kappa shape index (κ2) is 5.59. The molecule has 1 aromatic heterocycles. The van der Waals surface area contributed by atoms with Crippen LogP contribution in [0.15, 0.2) is 31.8 Å². The fourth-order valence-electron chi connectivity index (χ4n) is 1.46. The molecule has 0 aliphatic heterocycles. The Balaban J connectivity index is 2.24. The van der Waals surface area contributed by atoms with Gasteiger partial charge in [0.15, 0.2) is 5.78 Å². The quantitative estimate of drug-likeness (QED) is 0.670. The summed E-state index contributed by atoms with van der Waals surface area (Å²) in [4.78, 5) is 12.0. The van der Waals surface area contributed by atoms with Gasteiger partial charge in [0, 0.05) is 18.1 Å². The highest BCUT2D eigenvalue weighted by Crippen LogP contribution is 2.32. The molecular weight excluding hydrogens is 390 g/mol. The maximum atomic E-state index is 13.4. The largest absolute Gasteiger partial charge is 0.294 e. The van der Waals surface area contributed by atoms with Crippen LogP contribution in [0.25, 0.3) is 0 Å². The smallest absolute Gasteiger partial charge is 0.169 e. The Morgan fingerprint density at radius 3 is 2.50 bits per heavy atom. The molecule has 6 heteroatoms. The zero-order valence-electron chi connectivity index (χ0n) is 8.84. The summed E-state index contributed by atoms with van der Waals surface area (Å²) in [6.07, 6.45) is -0.0894. The summed E-state index contributed by atoms with van der Waals surface area (Å²) in [5.41, 5.74) is 0.686. The standard InChI is InChI=1S/C12H6Br2F2OS/c13-11-5-8(12(14)18-11)10(17)3-6-1-2-7(15)4-9(6)16/h1-2,4-5H,3H2. The second-order valence-corrected chi connectivity index (χ2v) is 7.32. The van der Waals surface area contributed by atoms with Gasteiger partial charge in [-0.1, -0.05) is 6.07 Å². The third-order valence-corrected chi connectivity index (χ3v) is 4.66. The second-order valence-electron chi connectivity index (χ2n) is 3.57. The van der Waals surface area contributed by atoms with Crippen LogP contribution < -0.4 is 0 Å². The third-order valence-electron chi connectivity index (χ3n) is 2.32. The van der Waals surface area contributed by atoms with E-state index in [9.17, 15) is 13.6 Å². The Bertz CT molecular complexity index is 610. The first-order chi connectivity index (χ1) is 8.47. The first-order valence-corrected chi connectivity index (χ1v) is 7.29. The van der Waals surface area contributed by atoms with Crippen molar-refractivity contribution in [3.63, 3.8) is 0 Å². The Morgan fingerprint density at radius 1 is 1.22 bits per heavy atom. The van der Waals surface area contributed by atoms with Crippen LogP contribution in [0.5, 0.6) is 0 Å². The zero-order valence-corrected chi connectivity index (χ0v) is 12.8. The molecule has 0 N–H and O–H groups in total. The molecule has 0 saturated carbocycles. The lowest BCUT2D eigenvalue weighted by atomic mass is 10.0. The maximum Gasteiger partial charge on any atom is 0.169 e. The lowest BCUT2D eigenvalue weighted by Crippen LogP contribution is -2.05. The van der Waals surface area contributed by atoms with E-state index < -0.39 is 11.6 Å². The van der Waals surface area contributed by atoms with E-state index >= 15 is 0 Å². The van der Waals surface area contributed by atoms with Crippen LogP contribution in [0.1, 0.15) is 15.9 Å². The number of hydrogen-bond acceptors (Lipinski definition) is 2. The van der Waals surface area contributed by atoms with Crippen molar-refractivity contribution >= 4 is 49.0 Å². The summed E-state index contributed by atoms with van der Waals surface area (Å²) < 4.78 is 27.7. The SMILES string of the molecule is O=C(Cc1ccc(F)cc1F)c1cc(Br)sc1Br. The molecule has 1 nitrogen and oxygen atoms in total. The predicted octanol–water partition coefficient (Wildman–Crippen LogP) is 4.98. The van der Waals surface area contributed by atoms with Crippen LogP contribution in [0, 0.1) is 11.6 Å². The van der Waals surface area contributed by atoms with Crippen molar-refractivity contribution in [2.24, 2.45) is 0 Å². The van der Waals surface area contributed by atoms with Gasteiger partial charge >= 0.3 is 0 Å². The van der Waals surface area contributed by atoms with Crippen molar-refractivity contribution in [3.05, 3.63) is 54.6 Å². The van der Waals surface area contributed by atoms with Gasteiger partial charge in [-0.15, -0.1) is 11.3 Å². The highest BCUT2D eigenvalue weighted by molar-refractivity contribution is 9.12. The minimum Gasteiger partial charge on any atom is -0.294 e. The summed E-state index contributed by atoms with van der Waals surface area (Å²) in [5.74, 6) is -1.56. The van der Waals surface area contributed by atoms with Crippen LogP contribution in [0.2, 0.25) is 0 Å². The molecule has 1 aromatic carbocycles. The monoisotopic (exact) mass is 394 g/mol. The molecule has 2 rings (SSSR count). The normalized spacial score (nSPS) is 10.7. The summed E-state index contributed by atoms with van der Waals surface area (Å²) in [6.45, 7) is 0. The van der Waals surface area contributed by atoms with Crippen LogP contribution in [-0.2, 0) is 6.42 Å². The van der Waals surface area contributed by atoms with E-state index in [2.05, 4.69) is 31.9 Å². The van der Waals surface area contributed by atoms with E-state index in [0.717, 1.165) is 15.9 Å². The molecule has 0 amide bonds. The van der Waals surface area contributed by atoms with Gasteiger partial charge in [0.1, 0.15) is 11.6 Å². The fourth-order valence-corrected chi connectivity index (χ4v) is 4.32. The summed E-state index contributed by atoms with van der Waals surface area (Å²) in [7, 11) is 0. The van der Waals surface area contributed by atoms with Crippen molar-refractivity contribution in [3.8, 4) is 0 Å². The topological polar surface area (TPSA) is 17.1 Å². The van der Waals surface area contributed by atoms with E-state index in [-0.39, 0.29) is 17.8 Å². The predicted molar refractivity (Wildman–Crippen MR) is 74.1 cm³/mol. The first kappa shape index (κ1) is 13.8. The summed E-state index contributed by atoms with van der Waals surface area (Å²) in [5, 5.41) is 0. The molecular formula is C12H6Br2F2OS. The average molecular weight is 396 g/mol. The number of rotatable bonds is 3. The highest BCUT2D eigenvalue weighted by Gasteiger charge is 2.16. The Morgan fingerprint density at radius 2 is 1.94 bits per heavy atom. The summed E-state index contributed by atoms with van der Waals surface area (Å²) >= 11 is 7.92. The molecule has 0 saturated heterocycles. The van der Waals surface area contributed by atoms with Gasteiger partial charge in [0.05, 0.1) is 7.57 Å². The van der Waals surface area contributed by atoms with E-state index in [1.807, 2.05) is 0 Å². The third kappa shape index (κ3) is 3.05. The molecule has 0 bridgehead atoms. The van der Waals surface area contributed by atoms with Gasteiger partial charge in [-0.3, -0.25) is 4.79 Å². The zero-order chi connectivity index (χ0) is 13.3. The van der Waals surface area contributed by atoms with Crippen LogP contribution in [0.3, 0.4) is 0 Å². The number of benzene rings is 1. The van der Waals surface area contributed by atoms with E-state index in [1.54, 1.807) is 6.07 Å². The van der Waals surface area contributed by atoms with Crippen molar-refractivity contribution in [2.75, 3.05) is 0 Å². The van der Waals surface area contributed by atoms with Gasteiger partial charge in [-0.05, 0) is 49.6 Å². The minimum absolute atomic E-state index is 0.0894. The number of ketones is 1. The highest BCUT2D eigenvalue weighted by atomic mass is 79.9. The number of thiophene rings is 1. The maximum absolute atomic E-state index is 13.4. The van der Waals surface area contributed by atoms with Gasteiger partial charge in [0.2, 0.25) is 0 Å². The molecule has 94 valence electrons. The fraction of sp³-hybridized carbons (Fsp3) is 0.0833. The minimum atomic E-state index is -0.700. The van der Waals surface area contributed by atoms with Gasteiger partial charge in [0.25, 0.3) is 0 Å². The van der Waals surface area contributed by atoms with Crippen molar-refractivity contribution in [1.82, 2.24) is 0 Å². The van der Waals surface area contributed by atoms with E-state index in [4.69, 9.17) is 0 Å². The number of carbonyl (C=O) groups is 1. The van der Waals surface area contributed by atoms with Crippen molar-refractivity contribution < 1.29 is 13.6 Å². The molecule has 0 radical (unpaired) electrons. The molecule has 0 aliphatic carbocycles. The lowest BCUT2D eigenvalue weighted by molar-refractivity contribution is 0.0991. The molecule has 0 unspecified atom stereocenters. The van der Waals surface area contributed by atoms with E-state index in [0.29, 0.717) is 9.35 Å². The number of hydrogen-bond donors (Lipinski definition) is 0. The van der Waals surface area contributed by atoms with Gasteiger partial charge in [-0.2, -0.15) is 0 Å².